The molecule has 0 saturated heterocycles. The molecule has 0 radical (unpaired) electrons. The Kier molecular flexibility index (Phi) is 4.52. The van der Waals surface area contributed by atoms with Crippen molar-refractivity contribution in [3.63, 3.8) is 0 Å². The normalized spacial score (nSPS) is 16.2. The first-order valence-electron chi connectivity index (χ1n) is 7.13. The maximum Gasteiger partial charge on any atom is 0.304 e. The predicted octanol–water partition coefficient (Wildman–Crippen LogP) is 4.06. The second kappa shape index (κ2) is 6.75. The Labute approximate surface area is 138 Å². The molecule has 0 aliphatic carbocycles. The number of nitrogens with one attached hydrogen (secondary N) is 1. The fourth-order valence-electron chi connectivity index (χ4n) is 2.36. The van der Waals surface area contributed by atoms with Crippen molar-refractivity contribution in [1.29, 1.82) is 0 Å². The van der Waals surface area contributed by atoms with Crippen LogP contribution in [0.25, 0.3) is 0 Å². The summed E-state index contributed by atoms with van der Waals surface area (Å²) in [5.41, 5.74) is 2.65. The van der Waals surface area contributed by atoms with Crippen LogP contribution in [-0.2, 0) is 4.79 Å². The Morgan fingerprint density at radius 1 is 1.26 bits per heavy atom. The van der Waals surface area contributed by atoms with Gasteiger partial charge in [0.1, 0.15) is 5.75 Å². The van der Waals surface area contributed by atoms with Gasteiger partial charge in [0, 0.05) is 10.9 Å². The Balaban J connectivity index is 1.84. The predicted molar refractivity (Wildman–Crippen MR) is 92.7 cm³/mol. The Hall–Kier alpha value is -2.47. The van der Waals surface area contributed by atoms with Gasteiger partial charge in [0.15, 0.2) is 5.17 Å². The largest absolute Gasteiger partial charge is 0.497 e. The molecule has 1 heterocycles. The minimum Gasteiger partial charge on any atom is -0.497 e. The van der Waals surface area contributed by atoms with E-state index < -0.39 is 5.97 Å². The van der Waals surface area contributed by atoms with Gasteiger partial charge in [-0.1, -0.05) is 30.0 Å². The van der Waals surface area contributed by atoms with Crippen molar-refractivity contribution in [2.45, 2.75) is 11.7 Å². The number of ether oxygens (including phenoxy) is 1. The molecule has 118 valence electrons. The highest BCUT2D eigenvalue weighted by Crippen LogP contribution is 2.43. The number of carboxylic acid groups (broad SMARTS) is 1. The van der Waals surface area contributed by atoms with Gasteiger partial charge in [-0.15, -0.1) is 0 Å². The van der Waals surface area contributed by atoms with E-state index in [1.165, 1.54) is 11.8 Å². The van der Waals surface area contributed by atoms with E-state index in [2.05, 4.69) is 10.3 Å². The number of amidine groups is 1. The number of fused-ring (bicyclic) bond motifs is 1. The SMILES string of the molecule is COc1ccc(NC2=Nc3ccccc3C(CC(=O)O)S2)cc1. The molecule has 1 atom stereocenters. The minimum absolute atomic E-state index is 0.0605. The van der Waals surface area contributed by atoms with Gasteiger partial charge in [0.2, 0.25) is 0 Å². The first-order valence-corrected chi connectivity index (χ1v) is 8.01. The lowest BCUT2D eigenvalue weighted by Crippen LogP contribution is -2.15. The molecule has 0 fully saturated rings. The summed E-state index contributed by atoms with van der Waals surface area (Å²) in [7, 11) is 1.62. The van der Waals surface area contributed by atoms with Crippen LogP contribution in [-0.4, -0.2) is 23.4 Å². The molecule has 5 nitrogen and oxygen atoms in total. The van der Waals surface area contributed by atoms with Crippen LogP contribution in [0.3, 0.4) is 0 Å². The number of rotatable bonds is 4. The summed E-state index contributed by atoms with van der Waals surface area (Å²) in [5, 5.41) is 12.9. The number of carbonyl (C=O) groups is 1. The van der Waals surface area contributed by atoms with Crippen LogP contribution in [0.1, 0.15) is 17.2 Å². The Bertz CT molecular complexity index is 744. The monoisotopic (exact) mass is 328 g/mol. The van der Waals surface area contributed by atoms with Crippen molar-refractivity contribution in [2.24, 2.45) is 4.99 Å². The number of benzene rings is 2. The molecule has 3 rings (SSSR count). The topological polar surface area (TPSA) is 70.9 Å². The number of aliphatic carboxylic acids is 1. The van der Waals surface area contributed by atoms with Gasteiger partial charge in [-0.3, -0.25) is 4.79 Å². The zero-order chi connectivity index (χ0) is 16.2. The Morgan fingerprint density at radius 3 is 2.70 bits per heavy atom. The molecule has 1 aliphatic heterocycles. The summed E-state index contributed by atoms with van der Waals surface area (Å²) in [4.78, 5) is 15.7. The fraction of sp³-hybridized carbons (Fsp3) is 0.176. The second-order valence-electron chi connectivity index (χ2n) is 5.03. The summed E-state index contributed by atoms with van der Waals surface area (Å²) in [6.45, 7) is 0. The van der Waals surface area contributed by atoms with Gasteiger partial charge >= 0.3 is 5.97 Å². The highest BCUT2D eigenvalue weighted by molar-refractivity contribution is 8.14. The number of carboxylic acids is 1. The molecule has 6 heteroatoms. The second-order valence-corrected chi connectivity index (χ2v) is 6.23. The van der Waals surface area contributed by atoms with Crippen LogP contribution in [0.4, 0.5) is 11.4 Å². The van der Waals surface area contributed by atoms with Crippen molar-refractivity contribution in [2.75, 3.05) is 12.4 Å². The molecule has 0 saturated carbocycles. The van der Waals surface area contributed by atoms with Gasteiger partial charge in [-0.05, 0) is 35.9 Å². The van der Waals surface area contributed by atoms with E-state index in [1.807, 2.05) is 48.5 Å². The molecule has 2 aromatic carbocycles. The van der Waals surface area contributed by atoms with Crippen molar-refractivity contribution < 1.29 is 14.6 Å². The zero-order valence-electron chi connectivity index (χ0n) is 12.5. The molecule has 0 bridgehead atoms. The maximum absolute atomic E-state index is 11.1. The number of thioether (sulfide) groups is 1. The Morgan fingerprint density at radius 2 is 2.00 bits per heavy atom. The molecule has 1 aliphatic rings. The molecule has 0 amide bonds. The van der Waals surface area contributed by atoms with Gasteiger partial charge in [-0.25, -0.2) is 4.99 Å². The van der Waals surface area contributed by atoms with E-state index in [4.69, 9.17) is 9.84 Å². The average molecular weight is 328 g/mol. The molecular formula is C17H16N2O3S. The molecular weight excluding hydrogens is 312 g/mol. The number of aliphatic imine (C=N–C) groups is 1. The molecule has 0 spiro atoms. The molecule has 2 N–H and O–H groups in total. The lowest BCUT2D eigenvalue weighted by Gasteiger charge is -2.23. The van der Waals surface area contributed by atoms with E-state index in [9.17, 15) is 4.79 Å². The van der Waals surface area contributed by atoms with E-state index in [1.54, 1.807) is 7.11 Å². The number of para-hydroxylation sites is 1. The van der Waals surface area contributed by atoms with Crippen molar-refractivity contribution >= 4 is 34.3 Å². The number of hydrogen-bond acceptors (Lipinski definition) is 5. The third kappa shape index (κ3) is 3.65. The summed E-state index contributed by atoms with van der Waals surface area (Å²) < 4.78 is 5.14. The number of anilines is 1. The molecule has 2 aromatic rings. The average Bonchev–Trinajstić information content (AvgIpc) is 2.55. The maximum atomic E-state index is 11.1. The number of nitrogens with zero attached hydrogens (tertiary/aromatic N) is 1. The van der Waals surface area contributed by atoms with Gasteiger partial charge in [-0.2, -0.15) is 0 Å². The number of hydrogen-bond donors (Lipinski definition) is 2. The van der Waals surface area contributed by atoms with E-state index in [-0.39, 0.29) is 11.7 Å². The van der Waals surface area contributed by atoms with Crippen LogP contribution in [0.15, 0.2) is 53.5 Å². The third-order valence-electron chi connectivity index (χ3n) is 3.46. The number of methoxy groups -OCH3 is 1. The van der Waals surface area contributed by atoms with Crippen LogP contribution >= 0.6 is 11.8 Å². The fourth-order valence-corrected chi connectivity index (χ4v) is 3.51. The highest BCUT2D eigenvalue weighted by atomic mass is 32.2. The molecule has 23 heavy (non-hydrogen) atoms. The quantitative estimate of drug-likeness (QED) is 0.886. The van der Waals surface area contributed by atoms with E-state index >= 15 is 0 Å². The van der Waals surface area contributed by atoms with Crippen LogP contribution in [0, 0.1) is 0 Å². The smallest absolute Gasteiger partial charge is 0.304 e. The lowest BCUT2D eigenvalue weighted by atomic mass is 10.1. The summed E-state index contributed by atoms with van der Waals surface area (Å²) in [6.07, 6.45) is 0.0605. The first kappa shape index (κ1) is 15.4. The van der Waals surface area contributed by atoms with E-state index in [0.717, 1.165) is 22.7 Å². The molecule has 0 aromatic heterocycles. The first-order chi connectivity index (χ1) is 11.2. The van der Waals surface area contributed by atoms with E-state index in [0.29, 0.717) is 5.17 Å². The lowest BCUT2D eigenvalue weighted by molar-refractivity contribution is -0.137. The van der Waals surface area contributed by atoms with Gasteiger partial charge in [0.05, 0.1) is 19.2 Å². The van der Waals surface area contributed by atoms with Crippen molar-refractivity contribution in [3.05, 3.63) is 54.1 Å². The highest BCUT2D eigenvalue weighted by Gasteiger charge is 2.25. The van der Waals surface area contributed by atoms with Gasteiger partial charge < -0.3 is 15.2 Å². The summed E-state index contributed by atoms with van der Waals surface area (Å²) >= 11 is 1.43. The van der Waals surface area contributed by atoms with Crippen molar-refractivity contribution in [1.82, 2.24) is 0 Å². The standard InChI is InChI=1S/C17H16N2O3S/c1-22-12-8-6-11(7-9-12)18-17-19-14-5-3-2-4-13(14)15(23-17)10-16(20)21/h2-9,15H,10H2,1H3,(H,18,19)(H,20,21). The third-order valence-corrected chi connectivity index (χ3v) is 4.58. The molecule has 1 unspecified atom stereocenters. The van der Waals surface area contributed by atoms with Crippen molar-refractivity contribution in [3.8, 4) is 5.75 Å². The van der Waals surface area contributed by atoms with Gasteiger partial charge in [0.25, 0.3) is 0 Å². The van der Waals surface area contributed by atoms with Crippen LogP contribution in [0.5, 0.6) is 5.75 Å². The van der Waals surface area contributed by atoms with Crippen LogP contribution < -0.4 is 10.1 Å². The minimum atomic E-state index is -0.817. The summed E-state index contributed by atoms with van der Waals surface area (Å²) in [5.74, 6) is -0.0362. The zero-order valence-corrected chi connectivity index (χ0v) is 13.3. The van der Waals surface area contributed by atoms with Crippen LogP contribution in [0.2, 0.25) is 0 Å². The summed E-state index contributed by atoms with van der Waals surface area (Å²) in [6, 6.07) is 15.2.